The average molecular weight is 194 g/mol. The van der Waals surface area contributed by atoms with Crippen LogP contribution in [0.3, 0.4) is 0 Å². The number of hydrogen-bond donors (Lipinski definition) is 1. The number of alkyl halides is 1. The van der Waals surface area contributed by atoms with E-state index in [1.165, 1.54) is 11.8 Å². The van der Waals surface area contributed by atoms with Crippen LogP contribution < -0.4 is 0 Å². The molecule has 0 aliphatic heterocycles. The first-order valence-corrected chi connectivity index (χ1v) is 5.22. The molecule has 0 aliphatic rings. The summed E-state index contributed by atoms with van der Waals surface area (Å²) in [6.07, 6.45) is 1.62. The molecule has 12 heavy (non-hydrogen) atoms. The Morgan fingerprint density at radius 1 is 1.58 bits per heavy atom. The highest BCUT2D eigenvalue weighted by atomic mass is 32.2. The number of carbonyl (C=O) groups is 1. The number of hydrogen-bond acceptors (Lipinski definition) is 2. The summed E-state index contributed by atoms with van der Waals surface area (Å²) in [4.78, 5) is 10.1. The smallest absolute Gasteiger partial charge is 0.313 e. The van der Waals surface area contributed by atoms with Gasteiger partial charge in [0, 0.05) is 0 Å². The lowest BCUT2D eigenvalue weighted by Crippen LogP contribution is -1.99. The first-order chi connectivity index (χ1) is 5.63. The van der Waals surface area contributed by atoms with Crippen LogP contribution in [-0.4, -0.2) is 28.8 Å². The Hall–Kier alpha value is -0.250. The molecule has 2 nitrogen and oxygen atoms in total. The van der Waals surface area contributed by atoms with E-state index >= 15 is 0 Å². The van der Waals surface area contributed by atoms with Gasteiger partial charge in [0.2, 0.25) is 0 Å². The van der Waals surface area contributed by atoms with E-state index in [1.54, 1.807) is 6.92 Å². The summed E-state index contributed by atoms with van der Waals surface area (Å²) >= 11 is 1.39. The van der Waals surface area contributed by atoms with Crippen molar-refractivity contribution in [1.82, 2.24) is 0 Å². The van der Waals surface area contributed by atoms with Crippen molar-refractivity contribution in [2.75, 3.05) is 11.5 Å². The van der Waals surface area contributed by atoms with E-state index in [9.17, 15) is 9.18 Å². The van der Waals surface area contributed by atoms with E-state index in [0.717, 1.165) is 18.6 Å². The maximum absolute atomic E-state index is 12.2. The molecule has 1 atom stereocenters. The topological polar surface area (TPSA) is 37.3 Å². The maximum atomic E-state index is 12.2. The molecule has 0 aliphatic carbocycles. The minimum atomic E-state index is -0.779. The van der Waals surface area contributed by atoms with Gasteiger partial charge in [-0.1, -0.05) is 0 Å². The molecule has 72 valence electrons. The van der Waals surface area contributed by atoms with Crippen LogP contribution in [0.25, 0.3) is 0 Å². The van der Waals surface area contributed by atoms with E-state index in [1.807, 2.05) is 0 Å². The fourth-order valence-corrected chi connectivity index (χ4v) is 1.52. The van der Waals surface area contributed by atoms with Crippen LogP contribution in [0.4, 0.5) is 4.39 Å². The second-order valence-corrected chi connectivity index (χ2v) is 3.83. The Kier molecular flexibility index (Phi) is 7.25. The third kappa shape index (κ3) is 9.75. The summed E-state index contributed by atoms with van der Waals surface area (Å²) in [5.74, 6) is 0.198. The molecular weight excluding hydrogens is 179 g/mol. The number of aliphatic carboxylic acids is 1. The van der Waals surface area contributed by atoms with E-state index in [-0.39, 0.29) is 5.75 Å². The summed E-state index contributed by atoms with van der Waals surface area (Å²) in [6, 6.07) is 0. The van der Waals surface area contributed by atoms with Crippen molar-refractivity contribution in [2.24, 2.45) is 0 Å². The predicted molar refractivity (Wildman–Crippen MR) is 49.4 cm³/mol. The van der Waals surface area contributed by atoms with Crippen LogP contribution >= 0.6 is 11.8 Å². The molecule has 0 aromatic carbocycles. The van der Waals surface area contributed by atoms with Crippen molar-refractivity contribution in [1.29, 1.82) is 0 Å². The van der Waals surface area contributed by atoms with Crippen LogP contribution in [0, 0.1) is 0 Å². The lowest BCUT2D eigenvalue weighted by molar-refractivity contribution is -0.133. The van der Waals surface area contributed by atoms with E-state index in [0.29, 0.717) is 6.42 Å². The van der Waals surface area contributed by atoms with Gasteiger partial charge in [0.1, 0.15) is 0 Å². The number of carboxylic acid groups (broad SMARTS) is 1. The summed E-state index contributed by atoms with van der Waals surface area (Å²) < 4.78 is 12.2. The fraction of sp³-hybridized carbons (Fsp3) is 0.875. The highest BCUT2D eigenvalue weighted by molar-refractivity contribution is 7.99. The Balaban J connectivity index is 2.96. The second kappa shape index (κ2) is 7.40. The normalized spacial score (nSPS) is 12.8. The number of rotatable bonds is 7. The molecule has 0 heterocycles. The average Bonchev–Trinajstić information content (AvgIpc) is 1.95. The monoisotopic (exact) mass is 194 g/mol. The molecule has 0 rings (SSSR count). The molecule has 0 amide bonds. The van der Waals surface area contributed by atoms with Crippen molar-refractivity contribution in [3.05, 3.63) is 0 Å². The van der Waals surface area contributed by atoms with Crippen LogP contribution in [0.15, 0.2) is 0 Å². The minimum Gasteiger partial charge on any atom is -0.481 e. The molecule has 1 unspecified atom stereocenters. The van der Waals surface area contributed by atoms with Gasteiger partial charge in [-0.15, -0.1) is 0 Å². The lowest BCUT2D eigenvalue weighted by atomic mass is 10.2. The standard InChI is InChI=1S/C8H15FO2S/c1-7(9)4-2-3-5-12-6-8(10)11/h7H,2-6H2,1H3,(H,10,11). The summed E-state index contributed by atoms with van der Waals surface area (Å²) in [5.41, 5.74) is 0. The second-order valence-electron chi connectivity index (χ2n) is 2.72. The van der Waals surface area contributed by atoms with Gasteiger partial charge in [-0.25, -0.2) is 4.39 Å². The zero-order valence-electron chi connectivity index (χ0n) is 7.25. The first-order valence-electron chi connectivity index (χ1n) is 4.06. The molecule has 0 aromatic rings. The first kappa shape index (κ1) is 11.8. The highest BCUT2D eigenvalue weighted by Gasteiger charge is 1.99. The number of thioether (sulfide) groups is 1. The van der Waals surface area contributed by atoms with Gasteiger partial charge in [0.15, 0.2) is 0 Å². The zero-order valence-corrected chi connectivity index (χ0v) is 8.07. The molecule has 0 spiro atoms. The fourth-order valence-electron chi connectivity index (χ4n) is 0.789. The van der Waals surface area contributed by atoms with Crippen LogP contribution in [0.2, 0.25) is 0 Å². The zero-order chi connectivity index (χ0) is 9.40. The van der Waals surface area contributed by atoms with Gasteiger partial charge in [-0.05, 0) is 31.9 Å². The largest absolute Gasteiger partial charge is 0.481 e. The van der Waals surface area contributed by atoms with Crippen molar-refractivity contribution in [3.8, 4) is 0 Å². The van der Waals surface area contributed by atoms with Gasteiger partial charge in [0.25, 0.3) is 0 Å². The van der Waals surface area contributed by atoms with Crippen molar-refractivity contribution < 1.29 is 14.3 Å². The molecule has 0 radical (unpaired) electrons. The van der Waals surface area contributed by atoms with E-state index in [4.69, 9.17) is 5.11 Å². The SMILES string of the molecule is CC(F)CCCCSCC(=O)O. The van der Waals surface area contributed by atoms with Gasteiger partial charge >= 0.3 is 5.97 Å². The third-order valence-corrected chi connectivity index (χ3v) is 2.39. The number of unbranched alkanes of at least 4 members (excludes halogenated alkanes) is 1. The van der Waals surface area contributed by atoms with Crippen molar-refractivity contribution in [2.45, 2.75) is 32.4 Å². The quantitative estimate of drug-likeness (QED) is 0.632. The van der Waals surface area contributed by atoms with Gasteiger partial charge in [0.05, 0.1) is 11.9 Å². The highest BCUT2D eigenvalue weighted by Crippen LogP contribution is 2.08. The predicted octanol–water partition coefficient (Wildman–Crippen LogP) is 2.33. The van der Waals surface area contributed by atoms with Crippen LogP contribution in [-0.2, 0) is 4.79 Å². The summed E-state index contributed by atoms with van der Waals surface area (Å²) in [6.45, 7) is 1.55. The van der Waals surface area contributed by atoms with Gasteiger partial charge in [-0.2, -0.15) is 11.8 Å². The van der Waals surface area contributed by atoms with Crippen LogP contribution in [0.5, 0.6) is 0 Å². The van der Waals surface area contributed by atoms with Crippen molar-refractivity contribution in [3.63, 3.8) is 0 Å². The molecule has 0 fully saturated rings. The molecule has 4 heteroatoms. The van der Waals surface area contributed by atoms with E-state index in [2.05, 4.69) is 0 Å². The summed E-state index contributed by atoms with van der Waals surface area (Å²) in [7, 11) is 0. The molecule has 0 aromatic heterocycles. The molecular formula is C8H15FO2S. The number of carboxylic acids is 1. The van der Waals surface area contributed by atoms with Crippen molar-refractivity contribution >= 4 is 17.7 Å². The maximum Gasteiger partial charge on any atom is 0.313 e. The minimum absolute atomic E-state index is 0.158. The Labute approximate surface area is 76.5 Å². The number of halogens is 1. The molecule has 0 bridgehead atoms. The Morgan fingerprint density at radius 3 is 2.75 bits per heavy atom. The summed E-state index contributed by atoms with van der Waals surface area (Å²) in [5, 5.41) is 8.28. The molecule has 0 saturated heterocycles. The lowest BCUT2D eigenvalue weighted by Gasteiger charge is -2.00. The van der Waals surface area contributed by atoms with Gasteiger partial charge < -0.3 is 5.11 Å². The Morgan fingerprint density at radius 2 is 2.25 bits per heavy atom. The Bertz CT molecular complexity index is 128. The van der Waals surface area contributed by atoms with Crippen LogP contribution in [0.1, 0.15) is 26.2 Å². The van der Waals surface area contributed by atoms with Gasteiger partial charge in [-0.3, -0.25) is 4.79 Å². The molecule has 1 N–H and O–H groups in total. The molecule has 0 saturated carbocycles. The van der Waals surface area contributed by atoms with E-state index < -0.39 is 12.1 Å². The third-order valence-electron chi connectivity index (χ3n) is 1.37.